The van der Waals surface area contributed by atoms with Crippen LogP contribution in [0.25, 0.3) is 0 Å². The molecule has 0 heterocycles. The van der Waals surface area contributed by atoms with Gasteiger partial charge in [-0.15, -0.1) is 0 Å². The van der Waals surface area contributed by atoms with Crippen molar-refractivity contribution in [3.05, 3.63) is 69.9 Å². The van der Waals surface area contributed by atoms with Crippen molar-refractivity contribution in [2.45, 2.75) is 32.2 Å². The number of hydrogen-bond acceptors (Lipinski definition) is 1. The maximum absolute atomic E-state index is 13.7. The monoisotopic (exact) mass is 349 g/mol. The lowest BCUT2D eigenvalue weighted by Gasteiger charge is -2.18. The molecule has 2 rings (SSSR count). The average molecular weight is 350 g/mol. The molecule has 2 aromatic carbocycles. The molecule has 0 fully saturated rings. The predicted octanol–water partition coefficient (Wildman–Crippen LogP) is 5.26. The highest BCUT2D eigenvalue weighted by Gasteiger charge is 2.10. The minimum atomic E-state index is -0.113. The lowest BCUT2D eigenvalue weighted by Crippen LogP contribution is -2.21. The Morgan fingerprint density at radius 3 is 2.62 bits per heavy atom. The molecule has 1 unspecified atom stereocenters. The molecule has 0 aliphatic heterocycles. The van der Waals surface area contributed by atoms with Crippen LogP contribution in [0.1, 0.15) is 36.9 Å². The van der Waals surface area contributed by atoms with Gasteiger partial charge in [-0.1, -0.05) is 53.2 Å². The highest BCUT2D eigenvalue weighted by Crippen LogP contribution is 2.22. The topological polar surface area (TPSA) is 12.0 Å². The first-order valence-corrected chi connectivity index (χ1v) is 8.22. The van der Waals surface area contributed by atoms with Gasteiger partial charge in [0.05, 0.1) is 0 Å². The molecule has 0 aliphatic rings. The van der Waals surface area contributed by atoms with Crippen molar-refractivity contribution in [2.24, 2.45) is 0 Å². The van der Waals surface area contributed by atoms with Crippen LogP contribution in [0.4, 0.5) is 4.39 Å². The fourth-order valence-electron chi connectivity index (χ4n) is 2.55. The summed E-state index contributed by atoms with van der Waals surface area (Å²) in [5.41, 5.74) is 2.08. The molecule has 0 saturated carbocycles. The molecule has 2 aromatic rings. The van der Waals surface area contributed by atoms with Gasteiger partial charge in [0.15, 0.2) is 0 Å². The van der Waals surface area contributed by atoms with Gasteiger partial charge in [0, 0.05) is 10.5 Å². The van der Waals surface area contributed by atoms with Crippen LogP contribution in [0, 0.1) is 5.82 Å². The third-order valence-electron chi connectivity index (χ3n) is 3.60. The molecular weight excluding hydrogens is 329 g/mol. The van der Waals surface area contributed by atoms with Gasteiger partial charge >= 0.3 is 0 Å². The molecule has 1 nitrogen and oxygen atoms in total. The van der Waals surface area contributed by atoms with Crippen LogP contribution >= 0.6 is 15.9 Å². The molecule has 112 valence electrons. The Bertz CT molecular complexity index is 556. The van der Waals surface area contributed by atoms with Crippen molar-refractivity contribution in [3.63, 3.8) is 0 Å². The zero-order chi connectivity index (χ0) is 15.1. The minimum Gasteiger partial charge on any atom is -0.310 e. The van der Waals surface area contributed by atoms with Crippen molar-refractivity contribution >= 4 is 15.9 Å². The number of rotatable bonds is 7. The number of benzene rings is 2. The highest BCUT2D eigenvalue weighted by molar-refractivity contribution is 9.10. The number of hydrogen-bond donors (Lipinski definition) is 1. The van der Waals surface area contributed by atoms with Crippen molar-refractivity contribution in [3.8, 4) is 0 Å². The fraction of sp³-hybridized carbons (Fsp3) is 0.333. The number of aryl methyl sites for hydroxylation is 1. The van der Waals surface area contributed by atoms with Crippen molar-refractivity contribution in [2.75, 3.05) is 6.54 Å². The summed E-state index contributed by atoms with van der Waals surface area (Å²) in [4.78, 5) is 0. The maximum Gasteiger partial charge on any atom is 0.126 e. The standard InChI is InChI=1S/C18H21BrFN/c1-2-21-18(14-7-4-3-5-8-14)10-6-9-15-13-16(19)11-12-17(15)20/h3-5,7-8,11-13,18,21H,2,6,9-10H2,1H3. The van der Waals surface area contributed by atoms with E-state index >= 15 is 0 Å². The second kappa shape index (κ2) is 8.30. The van der Waals surface area contributed by atoms with E-state index in [2.05, 4.69) is 52.4 Å². The van der Waals surface area contributed by atoms with Gasteiger partial charge in [0.1, 0.15) is 5.82 Å². The SMILES string of the molecule is CCNC(CCCc1cc(Br)ccc1F)c1ccccc1. The van der Waals surface area contributed by atoms with Gasteiger partial charge in [0.2, 0.25) is 0 Å². The van der Waals surface area contributed by atoms with Crippen LogP contribution in [0.2, 0.25) is 0 Å². The Morgan fingerprint density at radius 1 is 1.14 bits per heavy atom. The minimum absolute atomic E-state index is 0.113. The van der Waals surface area contributed by atoms with Crippen molar-refractivity contribution in [1.29, 1.82) is 0 Å². The lowest BCUT2D eigenvalue weighted by atomic mass is 9.99. The Labute approximate surface area is 134 Å². The number of nitrogens with one attached hydrogen (secondary N) is 1. The molecule has 0 radical (unpaired) electrons. The largest absolute Gasteiger partial charge is 0.310 e. The molecule has 0 amide bonds. The Morgan fingerprint density at radius 2 is 1.90 bits per heavy atom. The molecule has 0 spiro atoms. The van der Waals surface area contributed by atoms with Crippen LogP contribution in [0.3, 0.4) is 0 Å². The Balaban J connectivity index is 1.95. The van der Waals surface area contributed by atoms with E-state index in [-0.39, 0.29) is 5.82 Å². The lowest BCUT2D eigenvalue weighted by molar-refractivity contribution is 0.494. The van der Waals surface area contributed by atoms with Gasteiger partial charge in [0.25, 0.3) is 0 Å². The smallest absolute Gasteiger partial charge is 0.126 e. The van der Waals surface area contributed by atoms with E-state index < -0.39 is 0 Å². The summed E-state index contributed by atoms with van der Waals surface area (Å²) in [5.74, 6) is -0.113. The van der Waals surface area contributed by atoms with Gasteiger partial charge < -0.3 is 5.32 Å². The van der Waals surface area contributed by atoms with Crippen LogP contribution in [-0.4, -0.2) is 6.54 Å². The zero-order valence-corrected chi connectivity index (χ0v) is 13.9. The number of halogens is 2. The van der Waals surface area contributed by atoms with Gasteiger partial charge in [-0.05, 0) is 55.1 Å². The predicted molar refractivity (Wildman–Crippen MR) is 89.9 cm³/mol. The third kappa shape index (κ3) is 4.94. The first-order valence-electron chi connectivity index (χ1n) is 7.43. The van der Waals surface area contributed by atoms with Crippen LogP contribution in [0.15, 0.2) is 53.0 Å². The molecule has 3 heteroatoms. The van der Waals surface area contributed by atoms with Crippen LogP contribution in [-0.2, 0) is 6.42 Å². The van der Waals surface area contributed by atoms with E-state index in [1.165, 1.54) is 11.6 Å². The van der Waals surface area contributed by atoms with Crippen LogP contribution < -0.4 is 5.32 Å². The summed E-state index contributed by atoms with van der Waals surface area (Å²) in [5, 5.41) is 3.51. The summed E-state index contributed by atoms with van der Waals surface area (Å²) >= 11 is 3.40. The molecule has 0 saturated heterocycles. The van der Waals surface area contributed by atoms with E-state index in [4.69, 9.17) is 0 Å². The first-order chi connectivity index (χ1) is 10.2. The van der Waals surface area contributed by atoms with E-state index in [1.807, 2.05) is 12.1 Å². The molecular formula is C18H21BrFN. The van der Waals surface area contributed by atoms with E-state index in [0.29, 0.717) is 6.04 Å². The summed E-state index contributed by atoms with van der Waals surface area (Å²) in [6.07, 6.45) is 2.73. The Kier molecular flexibility index (Phi) is 6.40. The molecule has 0 bridgehead atoms. The van der Waals surface area contributed by atoms with Crippen LogP contribution in [0.5, 0.6) is 0 Å². The third-order valence-corrected chi connectivity index (χ3v) is 4.09. The zero-order valence-electron chi connectivity index (χ0n) is 12.3. The second-order valence-corrected chi connectivity index (χ2v) is 6.06. The van der Waals surface area contributed by atoms with Gasteiger partial charge in [-0.3, -0.25) is 0 Å². The van der Waals surface area contributed by atoms with E-state index in [1.54, 1.807) is 6.07 Å². The first kappa shape index (κ1) is 16.2. The summed E-state index contributed by atoms with van der Waals surface area (Å²) < 4.78 is 14.7. The quantitative estimate of drug-likeness (QED) is 0.718. The maximum atomic E-state index is 13.7. The van der Waals surface area contributed by atoms with E-state index in [0.717, 1.165) is 35.8 Å². The molecule has 21 heavy (non-hydrogen) atoms. The normalized spacial score (nSPS) is 12.3. The molecule has 0 aromatic heterocycles. The second-order valence-electron chi connectivity index (χ2n) is 5.15. The molecule has 1 atom stereocenters. The highest BCUT2D eigenvalue weighted by atomic mass is 79.9. The molecule has 1 N–H and O–H groups in total. The summed E-state index contributed by atoms with van der Waals surface area (Å²) in [7, 11) is 0. The van der Waals surface area contributed by atoms with Crippen molar-refractivity contribution in [1.82, 2.24) is 5.32 Å². The van der Waals surface area contributed by atoms with Gasteiger partial charge in [-0.25, -0.2) is 4.39 Å². The van der Waals surface area contributed by atoms with Gasteiger partial charge in [-0.2, -0.15) is 0 Å². The Hall–Kier alpha value is -1.19. The molecule has 0 aliphatic carbocycles. The summed E-state index contributed by atoms with van der Waals surface area (Å²) in [6, 6.07) is 15.9. The fourth-order valence-corrected chi connectivity index (χ4v) is 2.96. The summed E-state index contributed by atoms with van der Waals surface area (Å²) in [6.45, 7) is 3.05. The van der Waals surface area contributed by atoms with E-state index in [9.17, 15) is 4.39 Å². The average Bonchev–Trinajstić information content (AvgIpc) is 2.51. The van der Waals surface area contributed by atoms with Crippen molar-refractivity contribution < 1.29 is 4.39 Å².